The molecule has 1 N–H and O–H groups in total. The molecule has 1 aromatic carbocycles. The Morgan fingerprint density at radius 1 is 1.24 bits per heavy atom. The molecule has 2 aromatic heterocycles. The number of hydrogen-bond donors (Lipinski definition) is 1. The van der Waals surface area contributed by atoms with Crippen molar-refractivity contribution in [1.29, 1.82) is 0 Å². The van der Waals surface area contributed by atoms with Gasteiger partial charge in [-0.25, -0.2) is 4.98 Å². The molecule has 8 nitrogen and oxygen atoms in total. The van der Waals surface area contributed by atoms with Crippen molar-refractivity contribution in [3.05, 3.63) is 59.0 Å². The SMILES string of the molecule is CN(CC(=O)Nc1ccc(Br)cn1)Cc1nnnn1-c1ccccc1. The molecular formula is C16H16BrN7O. The number of carbonyl (C=O) groups excluding carboxylic acids is 1. The van der Waals surface area contributed by atoms with Gasteiger partial charge in [-0.2, -0.15) is 4.68 Å². The third-order valence-electron chi connectivity index (χ3n) is 3.35. The van der Waals surface area contributed by atoms with Gasteiger partial charge in [-0.15, -0.1) is 5.10 Å². The first kappa shape index (κ1) is 17.2. The number of rotatable bonds is 6. The molecule has 0 unspecified atom stereocenters. The second-order valence-electron chi connectivity index (χ2n) is 5.42. The molecule has 3 rings (SSSR count). The van der Waals surface area contributed by atoms with Crippen LogP contribution in [0.3, 0.4) is 0 Å². The predicted octanol–water partition coefficient (Wildman–Crippen LogP) is 1.89. The molecular weight excluding hydrogens is 386 g/mol. The fourth-order valence-corrected chi connectivity index (χ4v) is 2.48. The zero-order valence-electron chi connectivity index (χ0n) is 13.5. The summed E-state index contributed by atoms with van der Waals surface area (Å²) in [5.41, 5.74) is 0.874. The van der Waals surface area contributed by atoms with Crippen LogP contribution in [-0.2, 0) is 11.3 Å². The Bertz CT molecular complexity index is 835. The van der Waals surface area contributed by atoms with Crippen LogP contribution < -0.4 is 5.32 Å². The summed E-state index contributed by atoms with van der Waals surface area (Å²) in [6.45, 7) is 0.627. The van der Waals surface area contributed by atoms with Gasteiger partial charge in [0.2, 0.25) is 5.91 Å². The summed E-state index contributed by atoms with van der Waals surface area (Å²) in [6, 6.07) is 13.2. The minimum atomic E-state index is -0.156. The highest BCUT2D eigenvalue weighted by atomic mass is 79.9. The van der Waals surface area contributed by atoms with Crippen molar-refractivity contribution in [2.24, 2.45) is 0 Å². The van der Waals surface area contributed by atoms with E-state index in [-0.39, 0.29) is 12.5 Å². The summed E-state index contributed by atoms with van der Waals surface area (Å²) >= 11 is 3.31. The van der Waals surface area contributed by atoms with Gasteiger partial charge in [-0.1, -0.05) is 18.2 Å². The van der Waals surface area contributed by atoms with Gasteiger partial charge in [0.15, 0.2) is 5.82 Å². The van der Waals surface area contributed by atoms with Crippen LogP contribution in [0.25, 0.3) is 5.69 Å². The van der Waals surface area contributed by atoms with E-state index < -0.39 is 0 Å². The summed E-state index contributed by atoms with van der Waals surface area (Å²) in [6.07, 6.45) is 1.63. The first-order chi connectivity index (χ1) is 12.1. The molecule has 1 amide bonds. The Hall–Kier alpha value is -2.65. The van der Waals surface area contributed by atoms with E-state index in [0.717, 1.165) is 10.2 Å². The number of carbonyl (C=O) groups is 1. The molecule has 9 heteroatoms. The van der Waals surface area contributed by atoms with Gasteiger partial charge >= 0.3 is 0 Å². The Morgan fingerprint density at radius 3 is 2.76 bits per heavy atom. The lowest BCUT2D eigenvalue weighted by Gasteiger charge is -2.15. The number of tetrazole rings is 1. The number of nitrogens with zero attached hydrogens (tertiary/aromatic N) is 6. The van der Waals surface area contributed by atoms with Gasteiger partial charge in [0, 0.05) is 10.7 Å². The van der Waals surface area contributed by atoms with E-state index in [2.05, 4.69) is 41.8 Å². The van der Waals surface area contributed by atoms with E-state index in [1.807, 2.05) is 48.3 Å². The van der Waals surface area contributed by atoms with Crippen LogP contribution in [0.15, 0.2) is 53.1 Å². The molecule has 0 atom stereocenters. The van der Waals surface area contributed by atoms with Crippen molar-refractivity contribution in [1.82, 2.24) is 30.1 Å². The number of aromatic nitrogens is 5. The van der Waals surface area contributed by atoms with Crippen molar-refractivity contribution in [3.8, 4) is 5.69 Å². The molecule has 0 bridgehead atoms. The van der Waals surface area contributed by atoms with E-state index in [4.69, 9.17) is 0 Å². The molecule has 0 spiro atoms. The number of para-hydroxylation sites is 1. The molecule has 0 aliphatic carbocycles. The van der Waals surface area contributed by atoms with Crippen LogP contribution in [0.4, 0.5) is 5.82 Å². The van der Waals surface area contributed by atoms with Gasteiger partial charge in [-0.05, 0) is 57.7 Å². The summed E-state index contributed by atoms with van der Waals surface area (Å²) < 4.78 is 2.51. The average Bonchev–Trinajstić information content (AvgIpc) is 3.05. The van der Waals surface area contributed by atoms with Crippen LogP contribution in [0.5, 0.6) is 0 Å². The first-order valence-electron chi connectivity index (χ1n) is 7.54. The highest BCUT2D eigenvalue weighted by Gasteiger charge is 2.13. The van der Waals surface area contributed by atoms with Crippen molar-refractivity contribution < 1.29 is 4.79 Å². The van der Waals surface area contributed by atoms with E-state index in [1.165, 1.54) is 0 Å². The van der Waals surface area contributed by atoms with Crippen molar-refractivity contribution >= 4 is 27.7 Å². The third-order valence-corrected chi connectivity index (χ3v) is 3.82. The van der Waals surface area contributed by atoms with Gasteiger partial charge in [-0.3, -0.25) is 9.69 Å². The molecule has 0 aliphatic heterocycles. The summed E-state index contributed by atoms with van der Waals surface area (Å²) in [5, 5.41) is 14.5. The number of likely N-dealkylation sites (N-methyl/N-ethyl adjacent to an activating group) is 1. The number of halogens is 1. The van der Waals surface area contributed by atoms with E-state index in [1.54, 1.807) is 16.9 Å². The lowest BCUT2D eigenvalue weighted by Crippen LogP contribution is -2.31. The van der Waals surface area contributed by atoms with E-state index >= 15 is 0 Å². The predicted molar refractivity (Wildman–Crippen MR) is 96.1 cm³/mol. The Morgan fingerprint density at radius 2 is 2.04 bits per heavy atom. The quantitative estimate of drug-likeness (QED) is 0.678. The largest absolute Gasteiger partial charge is 0.310 e. The number of amides is 1. The van der Waals surface area contributed by atoms with Gasteiger partial charge in [0.1, 0.15) is 5.82 Å². The van der Waals surface area contributed by atoms with E-state index in [9.17, 15) is 4.79 Å². The third kappa shape index (κ3) is 4.68. The lowest BCUT2D eigenvalue weighted by atomic mass is 10.3. The molecule has 25 heavy (non-hydrogen) atoms. The minimum absolute atomic E-state index is 0.156. The number of nitrogens with one attached hydrogen (secondary N) is 1. The molecule has 0 saturated carbocycles. The summed E-state index contributed by atoms with van der Waals surface area (Å²) in [7, 11) is 1.83. The summed E-state index contributed by atoms with van der Waals surface area (Å²) in [4.78, 5) is 18.1. The van der Waals surface area contributed by atoms with Gasteiger partial charge in [0.05, 0.1) is 18.8 Å². The normalized spacial score (nSPS) is 10.8. The lowest BCUT2D eigenvalue weighted by molar-refractivity contribution is -0.117. The molecule has 128 valence electrons. The zero-order valence-corrected chi connectivity index (χ0v) is 15.1. The van der Waals surface area contributed by atoms with Crippen LogP contribution in [0.2, 0.25) is 0 Å². The fraction of sp³-hybridized carbons (Fsp3) is 0.188. The average molecular weight is 402 g/mol. The van der Waals surface area contributed by atoms with E-state index in [0.29, 0.717) is 18.2 Å². The summed E-state index contributed by atoms with van der Waals surface area (Å²) in [5.74, 6) is 1.01. The van der Waals surface area contributed by atoms with Crippen LogP contribution in [-0.4, -0.2) is 49.6 Å². The number of anilines is 1. The minimum Gasteiger partial charge on any atom is -0.310 e. The highest BCUT2D eigenvalue weighted by molar-refractivity contribution is 9.10. The zero-order chi connectivity index (χ0) is 17.6. The molecule has 3 aromatic rings. The van der Waals surface area contributed by atoms with Gasteiger partial charge in [0.25, 0.3) is 0 Å². The Kier molecular flexibility index (Phi) is 5.46. The maximum absolute atomic E-state index is 12.1. The van der Waals surface area contributed by atoms with Crippen LogP contribution >= 0.6 is 15.9 Å². The van der Waals surface area contributed by atoms with Crippen molar-refractivity contribution in [3.63, 3.8) is 0 Å². The van der Waals surface area contributed by atoms with Crippen LogP contribution in [0, 0.1) is 0 Å². The highest BCUT2D eigenvalue weighted by Crippen LogP contribution is 2.11. The number of pyridine rings is 1. The second kappa shape index (κ2) is 7.95. The first-order valence-corrected chi connectivity index (χ1v) is 8.34. The Labute approximate surface area is 153 Å². The molecule has 2 heterocycles. The standard InChI is InChI=1S/C16H16BrN7O/c1-23(11-16(25)19-14-8-7-12(17)9-18-14)10-15-20-21-22-24(15)13-5-3-2-4-6-13/h2-9H,10-11H2,1H3,(H,18,19,25). The van der Waals surface area contributed by atoms with Crippen molar-refractivity contribution in [2.45, 2.75) is 6.54 Å². The molecule has 0 radical (unpaired) electrons. The Balaban J connectivity index is 1.59. The maximum Gasteiger partial charge on any atom is 0.239 e. The van der Waals surface area contributed by atoms with Gasteiger partial charge < -0.3 is 5.32 Å². The maximum atomic E-state index is 12.1. The van der Waals surface area contributed by atoms with Crippen molar-refractivity contribution in [2.75, 3.05) is 18.9 Å². The second-order valence-corrected chi connectivity index (χ2v) is 6.34. The number of hydrogen-bond acceptors (Lipinski definition) is 6. The smallest absolute Gasteiger partial charge is 0.239 e. The molecule has 0 saturated heterocycles. The molecule has 0 aliphatic rings. The topological polar surface area (TPSA) is 88.8 Å². The number of benzene rings is 1. The monoisotopic (exact) mass is 401 g/mol. The fourth-order valence-electron chi connectivity index (χ4n) is 2.25. The molecule has 0 fully saturated rings. The van der Waals surface area contributed by atoms with Crippen LogP contribution in [0.1, 0.15) is 5.82 Å².